The Labute approximate surface area is 287 Å². The van der Waals surface area contributed by atoms with Crippen molar-refractivity contribution in [3.8, 4) is 56.4 Å². The molecule has 1 aliphatic rings. The van der Waals surface area contributed by atoms with Gasteiger partial charge in [0.2, 0.25) is 0 Å². The standard InChI is InChI=1S/C45H31N3Si/c1-5-17-32(18-6-1)34-21-15-22-35(31-34)44-46-43(33-19-7-2-8-20-33)47-45(48-44)39-28-16-30-41-42(39)38-27-13-14-29-40(38)49(41,36-23-9-3-10-24-36)37-25-11-4-12-26-37/h1-31H. The lowest BCUT2D eigenvalue weighted by molar-refractivity contribution is 1.07. The van der Waals surface area contributed by atoms with E-state index >= 15 is 0 Å². The van der Waals surface area contributed by atoms with Crippen molar-refractivity contribution in [2.24, 2.45) is 0 Å². The van der Waals surface area contributed by atoms with E-state index in [0.29, 0.717) is 17.5 Å². The molecular weight excluding hydrogens is 611 g/mol. The molecule has 0 unspecified atom stereocenters. The van der Waals surface area contributed by atoms with E-state index in [2.05, 4.69) is 164 Å². The summed E-state index contributed by atoms with van der Waals surface area (Å²) in [4.78, 5) is 15.6. The molecule has 1 aromatic heterocycles. The Bertz CT molecular complexity index is 2390. The molecule has 0 radical (unpaired) electrons. The van der Waals surface area contributed by atoms with E-state index in [1.807, 2.05) is 24.3 Å². The van der Waals surface area contributed by atoms with E-state index in [1.54, 1.807) is 0 Å². The van der Waals surface area contributed by atoms with Crippen molar-refractivity contribution in [1.29, 1.82) is 0 Å². The third-order valence-corrected chi connectivity index (χ3v) is 14.5. The second kappa shape index (κ2) is 12.1. The van der Waals surface area contributed by atoms with Gasteiger partial charge >= 0.3 is 0 Å². The van der Waals surface area contributed by atoms with E-state index in [-0.39, 0.29) is 0 Å². The number of rotatable bonds is 6. The smallest absolute Gasteiger partial charge is 0.180 e. The lowest BCUT2D eigenvalue weighted by Gasteiger charge is -2.31. The molecule has 1 aliphatic heterocycles. The molecule has 0 fully saturated rings. The Hall–Kier alpha value is -6.23. The maximum atomic E-state index is 5.27. The topological polar surface area (TPSA) is 38.7 Å². The van der Waals surface area contributed by atoms with Crippen LogP contribution in [0, 0.1) is 0 Å². The van der Waals surface area contributed by atoms with Gasteiger partial charge in [-0.2, -0.15) is 0 Å². The van der Waals surface area contributed by atoms with Crippen LogP contribution in [0.1, 0.15) is 0 Å². The molecule has 7 aromatic carbocycles. The number of hydrogen-bond donors (Lipinski definition) is 0. The van der Waals surface area contributed by atoms with Gasteiger partial charge in [-0.1, -0.05) is 182 Å². The monoisotopic (exact) mass is 641 g/mol. The van der Waals surface area contributed by atoms with Gasteiger partial charge < -0.3 is 0 Å². The summed E-state index contributed by atoms with van der Waals surface area (Å²) in [6.07, 6.45) is 0. The minimum atomic E-state index is -2.66. The molecule has 230 valence electrons. The summed E-state index contributed by atoms with van der Waals surface area (Å²) in [5, 5.41) is 5.48. The number of hydrogen-bond acceptors (Lipinski definition) is 3. The van der Waals surface area contributed by atoms with Crippen molar-refractivity contribution in [2.75, 3.05) is 0 Å². The van der Waals surface area contributed by atoms with Crippen molar-refractivity contribution < 1.29 is 0 Å². The number of benzene rings is 7. The average molecular weight is 642 g/mol. The van der Waals surface area contributed by atoms with Crippen LogP contribution >= 0.6 is 0 Å². The third-order valence-electron chi connectivity index (χ3n) is 9.62. The van der Waals surface area contributed by atoms with E-state index < -0.39 is 8.07 Å². The molecule has 0 atom stereocenters. The van der Waals surface area contributed by atoms with Gasteiger partial charge in [0.15, 0.2) is 25.5 Å². The number of fused-ring (bicyclic) bond motifs is 3. The molecule has 0 amide bonds. The molecule has 0 aliphatic carbocycles. The summed E-state index contributed by atoms with van der Waals surface area (Å²) >= 11 is 0. The average Bonchev–Trinajstić information content (AvgIpc) is 3.50. The van der Waals surface area contributed by atoms with Crippen LogP contribution < -0.4 is 20.7 Å². The van der Waals surface area contributed by atoms with Crippen LogP contribution in [-0.4, -0.2) is 23.0 Å². The Morgan fingerprint density at radius 1 is 0.306 bits per heavy atom. The van der Waals surface area contributed by atoms with E-state index in [1.165, 1.54) is 31.9 Å². The molecule has 0 bridgehead atoms. The lowest BCUT2D eigenvalue weighted by atomic mass is 9.99. The van der Waals surface area contributed by atoms with Gasteiger partial charge in [-0.3, -0.25) is 0 Å². The maximum Gasteiger partial charge on any atom is 0.180 e. The van der Waals surface area contributed by atoms with E-state index in [4.69, 9.17) is 15.0 Å². The van der Waals surface area contributed by atoms with Crippen LogP contribution in [0.15, 0.2) is 188 Å². The second-order valence-corrected chi connectivity index (χ2v) is 16.1. The van der Waals surface area contributed by atoms with Crippen LogP contribution in [0.25, 0.3) is 56.4 Å². The van der Waals surface area contributed by atoms with Crippen LogP contribution in [0.2, 0.25) is 0 Å². The minimum absolute atomic E-state index is 0.653. The van der Waals surface area contributed by atoms with E-state index in [9.17, 15) is 0 Å². The van der Waals surface area contributed by atoms with Gasteiger partial charge in [0, 0.05) is 16.7 Å². The summed E-state index contributed by atoms with van der Waals surface area (Å²) in [6, 6.07) is 67.0. The first-order chi connectivity index (χ1) is 24.3. The highest BCUT2D eigenvalue weighted by molar-refractivity contribution is 7.22. The zero-order valence-corrected chi connectivity index (χ0v) is 27.7. The molecule has 8 aromatic rings. The number of aromatic nitrogens is 3. The Morgan fingerprint density at radius 3 is 1.43 bits per heavy atom. The van der Waals surface area contributed by atoms with Crippen molar-refractivity contribution >= 4 is 28.8 Å². The number of nitrogens with zero attached hydrogens (tertiary/aromatic N) is 3. The summed E-state index contributed by atoms with van der Waals surface area (Å²) < 4.78 is 0. The van der Waals surface area contributed by atoms with Crippen molar-refractivity contribution in [3.63, 3.8) is 0 Å². The molecular formula is C45H31N3Si. The molecule has 0 spiro atoms. The molecule has 4 heteroatoms. The molecule has 0 saturated carbocycles. The molecule has 0 saturated heterocycles. The quantitative estimate of drug-likeness (QED) is 0.173. The first-order valence-corrected chi connectivity index (χ1v) is 18.6. The van der Waals surface area contributed by atoms with Gasteiger partial charge in [-0.15, -0.1) is 0 Å². The molecule has 49 heavy (non-hydrogen) atoms. The highest BCUT2D eigenvalue weighted by Crippen LogP contribution is 2.37. The van der Waals surface area contributed by atoms with Crippen molar-refractivity contribution in [3.05, 3.63) is 188 Å². The van der Waals surface area contributed by atoms with Crippen molar-refractivity contribution in [1.82, 2.24) is 15.0 Å². The maximum absolute atomic E-state index is 5.27. The van der Waals surface area contributed by atoms with Gasteiger partial charge in [0.1, 0.15) is 0 Å². The van der Waals surface area contributed by atoms with Gasteiger partial charge in [0.05, 0.1) is 0 Å². The van der Waals surface area contributed by atoms with Crippen LogP contribution in [-0.2, 0) is 0 Å². The van der Waals surface area contributed by atoms with Gasteiger partial charge in [-0.05, 0) is 49.1 Å². The molecule has 9 rings (SSSR count). The Morgan fingerprint density at radius 2 is 0.755 bits per heavy atom. The molecule has 3 nitrogen and oxygen atoms in total. The summed E-state index contributed by atoms with van der Waals surface area (Å²) in [5.41, 5.74) is 7.67. The van der Waals surface area contributed by atoms with Gasteiger partial charge in [0.25, 0.3) is 0 Å². The summed E-state index contributed by atoms with van der Waals surface area (Å²) in [6.45, 7) is 0. The predicted molar refractivity (Wildman–Crippen MR) is 204 cm³/mol. The normalized spacial score (nSPS) is 12.7. The fraction of sp³-hybridized carbons (Fsp3) is 0. The zero-order valence-electron chi connectivity index (χ0n) is 26.7. The largest absolute Gasteiger partial charge is 0.208 e. The molecule has 0 N–H and O–H groups in total. The van der Waals surface area contributed by atoms with Crippen LogP contribution in [0.5, 0.6) is 0 Å². The lowest BCUT2D eigenvalue weighted by Crippen LogP contribution is -2.72. The highest BCUT2D eigenvalue weighted by Gasteiger charge is 2.49. The SMILES string of the molecule is c1ccc(-c2cccc(-c3nc(-c4ccccc4)nc(-c4cccc5c4-c4ccccc4[Si]5(c4ccccc4)c4ccccc4)n3)c2)cc1. The minimum Gasteiger partial charge on any atom is -0.208 e. The Kier molecular flexibility index (Phi) is 7.14. The third kappa shape index (κ3) is 4.84. The zero-order chi connectivity index (χ0) is 32.6. The molecule has 2 heterocycles. The van der Waals surface area contributed by atoms with Crippen molar-refractivity contribution in [2.45, 2.75) is 0 Å². The Balaban J connectivity index is 1.32. The van der Waals surface area contributed by atoms with E-state index in [0.717, 1.165) is 27.8 Å². The first kappa shape index (κ1) is 28.9. The van der Waals surface area contributed by atoms with Crippen LogP contribution in [0.4, 0.5) is 0 Å². The highest BCUT2D eigenvalue weighted by atomic mass is 28.3. The predicted octanol–water partition coefficient (Wildman–Crippen LogP) is 7.90. The fourth-order valence-corrected chi connectivity index (χ4v) is 12.7. The van der Waals surface area contributed by atoms with Gasteiger partial charge in [-0.25, -0.2) is 15.0 Å². The summed E-state index contributed by atoms with van der Waals surface area (Å²) in [5.74, 6) is 1.98. The van der Waals surface area contributed by atoms with Crippen LogP contribution in [0.3, 0.4) is 0 Å². The second-order valence-electron chi connectivity index (χ2n) is 12.4. The first-order valence-electron chi connectivity index (χ1n) is 16.6. The fourth-order valence-electron chi connectivity index (χ4n) is 7.49. The summed E-state index contributed by atoms with van der Waals surface area (Å²) in [7, 11) is -2.66.